The molecule has 7 nitrogen and oxygen atoms in total. The van der Waals surface area contributed by atoms with Crippen LogP contribution in [-0.4, -0.2) is 33.1 Å². The number of amides is 2. The zero-order valence-electron chi connectivity index (χ0n) is 16.8. The molecule has 0 atom stereocenters. The van der Waals surface area contributed by atoms with Crippen LogP contribution >= 0.6 is 0 Å². The van der Waals surface area contributed by atoms with Gasteiger partial charge in [0.05, 0.1) is 21.3 Å². The molecule has 0 aliphatic rings. The minimum Gasteiger partial charge on any atom is -0.493 e. The second-order valence-corrected chi connectivity index (χ2v) is 6.44. The van der Waals surface area contributed by atoms with Crippen LogP contribution in [0.1, 0.15) is 29.8 Å². The molecule has 0 radical (unpaired) electrons. The molecular formula is C21H26N2O5. The van der Waals surface area contributed by atoms with Gasteiger partial charge < -0.3 is 24.8 Å². The van der Waals surface area contributed by atoms with E-state index in [4.69, 9.17) is 14.2 Å². The van der Waals surface area contributed by atoms with Crippen molar-refractivity contribution < 1.29 is 23.8 Å². The highest BCUT2D eigenvalue weighted by atomic mass is 16.5. The third-order valence-electron chi connectivity index (χ3n) is 4.10. The van der Waals surface area contributed by atoms with Crippen molar-refractivity contribution in [1.29, 1.82) is 0 Å². The average molecular weight is 386 g/mol. The van der Waals surface area contributed by atoms with Crippen LogP contribution in [0.15, 0.2) is 36.4 Å². The summed E-state index contributed by atoms with van der Waals surface area (Å²) in [6.45, 7) is 3.97. The van der Waals surface area contributed by atoms with Crippen molar-refractivity contribution in [3.8, 4) is 17.2 Å². The molecule has 150 valence electrons. The number of hydrogen-bond acceptors (Lipinski definition) is 5. The van der Waals surface area contributed by atoms with Gasteiger partial charge in [0.2, 0.25) is 11.7 Å². The van der Waals surface area contributed by atoms with Crippen molar-refractivity contribution in [3.63, 3.8) is 0 Å². The van der Waals surface area contributed by atoms with Gasteiger partial charge in [-0.2, -0.15) is 0 Å². The summed E-state index contributed by atoms with van der Waals surface area (Å²) in [6, 6.07) is 10.5. The summed E-state index contributed by atoms with van der Waals surface area (Å²) in [5, 5.41) is 5.70. The van der Waals surface area contributed by atoms with E-state index in [1.54, 1.807) is 12.1 Å². The van der Waals surface area contributed by atoms with E-state index in [1.165, 1.54) is 21.3 Å². The lowest BCUT2D eigenvalue weighted by Gasteiger charge is -2.14. The molecule has 0 aliphatic heterocycles. The molecule has 2 aromatic rings. The number of methoxy groups -OCH3 is 3. The third-order valence-corrected chi connectivity index (χ3v) is 4.10. The molecule has 0 fully saturated rings. The van der Waals surface area contributed by atoms with E-state index in [9.17, 15) is 9.59 Å². The Kier molecular flexibility index (Phi) is 7.26. The Morgan fingerprint density at radius 2 is 1.61 bits per heavy atom. The Bertz CT molecular complexity index is 823. The highest BCUT2D eigenvalue weighted by Gasteiger charge is 2.17. The van der Waals surface area contributed by atoms with Gasteiger partial charge in [0, 0.05) is 23.7 Å². The lowest BCUT2D eigenvalue weighted by Crippen LogP contribution is -2.23. The summed E-state index contributed by atoms with van der Waals surface area (Å²) < 4.78 is 15.8. The zero-order chi connectivity index (χ0) is 20.7. The summed E-state index contributed by atoms with van der Waals surface area (Å²) in [7, 11) is 4.50. The first-order valence-corrected chi connectivity index (χ1v) is 8.87. The molecule has 0 unspecified atom stereocenters. The van der Waals surface area contributed by atoms with E-state index in [2.05, 4.69) is 10.6 Å². The van der Waals surface area contributed by atoms with Crippen LogP contribution in [0.4, 0.5) is 5.69 Å². The van der Waals surface area contributed by atoms with Crippen LogP contribution in [0.3, 0.4) is 0 Å². The Morgan fingerprint density at radius 1 is 0.964 bits per heavy atom. The number of hydrogen-bond donors (Lipinski definition) is 2. The Hall–Kier alpha value is -3.22. The number of rotatable bonds is 8. The van der Waals surface area contributed by atoms with Crippen LogP contribution in [0.2, 0.25) is 0 Å². The predicted octanol–water partition coefficient (Wildman–Crippen LogP) is 3.24. The molecule has 2 aromatic carbocycles. The average Bonchev–Trinajstić information content (AvgIpc) is 2.70. The van der Waals surface area contributed by atoms with Crippen LogP contribution < -0.4 is 24.8 Å². The molecule has 2 N–H and O–H groups in total. The van der Waals surface area contributed by atoms with Gasteiger partial charge in [0.25, 0.3) is 5.91 Å². The van der Waals surface area contributed by atoms with Crippen LogP contribution in [0.25, 0.3) is 0 Å². The molecule has 0 saturated carbocycles. The number of ether oxygens (including phenoxy) is 3. The Morgan fingerprint density at radius 3 is 2.14 bits per heavy atom. The van der Waals surface area contributed by atoms with E-state index in [0.717, 1.165) is 5.56 Å². The summed E-state index contributed by atoms with van der Waals surface area (Å²) in [5.74, 6) is 0.795. The fourth-order valence-corrected chi connectivity index (χ4v) is 2.54. The molecule has 2 amide bonds. The molecule has 0 aromatic heterocycles. The molecule has 0 spiro atoms. The minimum absolute atomic E-state index is 0.0568. The number of nitrogens with one attached hydrogen (secondary N) is 2. The minimum atomic E-state index is -0.282. The smallest absolute Gasteiger partial charge is 0.251 e. The normalized spacial score (nSPS) is 10.4. The maximum atomic E-state index is 12.6. The van der Waals surface area contributed by atoms with Gasteiger partial charge in [-0.05, 0) is 29.8 Å². The quantitative estimate of drug-likeness (QED) is 0.727. The summed E-state index contributed by atoms with van der Waals surface area (Å²) in [6.07, 6.45) is 0. The molecule has 0 bridgehead atoms. The van der Waals surface area contributed by atoms with Gasteiger partial charge in [-0.3, -0.25) is 9.59 Å². The fourth-order valence-electron chi connectivity index (χ4n) is 2.54. The van der Waals surface area contributed by atoms with Gasteiger partial charge in [0.1, 0.15) is 0 Å². The van der Waals surface area contributed by atoms with Gasteiger partial charge in [0.15, 0.2) is 11.5 Å². The molecule has 28 heavy (non-hydrogen) atoms. The van der Waals surface area contributed by atoms with Crippen molar-refractivity contribution in [2.24, 2.45) is 5.92 Å². The zero-order valence-corrected chi connectivity index (χ0v) is 16.8. The standard InChI is InChI=1S/C21H26N2O5/c1-13(2)20(24)23-16-8-6-7-14(9-16)12-22-21(25)15-10-17(26-3)19(28-5)18(11-15)27-4/h6-11,13H,12H2,1-5H3,(H,22,25)(H,23,24). The van der Waals surface area contributed by atoms with E-state index < -0.39 is 0 Å². The Balaban J connectivity index is 2.11. The van der Waals surface area contributed by atoms with Crippen molar-refractivity contribution >= 4 is 17.5 Å². The first kappa shape index (κ1) is 21.1. The largest absolute Gasteiger partial charge is 0.493 e. The van der Waals surface area contributed by atoms with Crippen molar-refractivity contribution in [1.82, 2.24) is 5.32 Å². The molecular weight excluding hydrogens is 360 g/mol. The monoisotopic (exact) mass is 386 g/mol. The van der Waals surface area contributed by atoms with Gasteiger partial charge >= 0.3 is 0 Å². The van der Waals surface area contributed by atoms with Crippen LogP contribution in [-0.2, 0) is 11.3 Å². The molecule has 7 heteroatoms. The second kappa shape index (κ2) is 9.64. The first-order valence-electron chi connectivity index (χ1n) is 8.87. The summed E-state index contributed by atoms with van der Waals surface area (Å²) in [5.41, 5.74) is 1.94. The second-order valence-electron chi connectivity index (χ2n) is 6.44. The molecule has 0 heterocycles. The topological polar surface area (TPSA) is 85.9 Å². The van der Waals surface area contributed by atoms with Crippen molar-refractivity contribution in [2.75, 3.05) is 26.6 Å². The number of carbonyl (C=O) groups is 2. The summed E-state index contributed by atoms with van der Waals surface area (Å²) in [4.78, 5) is 24.4. The van der Waals surface area contributed by atoms with Gasteiger partial charge in [-0.1, -0.05) is 26.0 Å². The van der Waals surface area contributed by atoms with Crippen molar-refractivity contribution in [2.45, 2.75) is 20.4 Å². The van der Waals surface area contributed by atoms with E-state index >= 15 is 0 Å². The van der Waals surface area contributed by atoms with E-state index in [0.29, 0.717) is 35.0 Å². The maximum absolute atomic E-state index is 12.6. The third kappa shape index (κ3) is 5.16. The first-order chi connectivity index (χ1) is 13.4. The van der Waals surface area contributed by atoms with Crippen LogP contribution in [0, 0.1) is 5.92 Å². The van der Waals surface area contributed by atoms with Crippen LogP contribution in [0.5, 0.6) is 17.2 Å². The molecule has 0 aliphatic carbocycles. The highest BCUT2D eigenvalue weighted by molar-refractivity contribution is 5.95. The van der Waals surface area contributed by atoms with E-state index in [1.807, 2.05) is 38.1 Å². The number of anilines is 1. The predicted molar refractivity (Wildman–Crippen MR) is 107 cm³/mol. The number of benzene rings is 2. The van der Waals surface area contributed by atoms with E-state index in [-0.39, 0.29) is 17.7 Å². The highest BCUT2D eigenvalue weighted by Crippen LogP contribution is 2.38. The lowest BCUT2D eigenvalue weighted by atomic mass is 10.1. The molecule has 0 saturated heterocycles. The van der Waals surface area contributed by atoms with Gasteiger partial charge in [-0.25, -0.2) is 0 Å². The molecule has 2 rings (SSSR count). The summed E-state index contributed by atoms with van der Waals surface area (Å²) >= 11 is 0. The van der Waals surface area contributed by atoms with Crippen molar-refractivity contribution in [3.05, 3.63) is 47.5 Å². The maximum Gasteiger partial charge on any atom is 0.251 e. The SMILES string of the molecule is COc1cc(C(=O)NCc2cccc(NC(=O)C(C)C)c2)cc(OC)c1OC. The fraction of sp³-hybridized carbons (Fsp3) is 0.333. The number of carbonyl (C=O) groups excluding carboxylic acids is 2. The Labute approximate surface area is 165 Å². The van der Waals surface area contributed by atoms with Gasteiger partial charge in [-0.15, -0.1) is 0 Å². The lowest BCUT2D eigenvalue weighted by molar-refractivity contribution is -0.118.